The third-order valence-electron chi connectivity index (χ3n) is 3.42. The average molecular weight is 315 g/mol. The summed E-state index contributed by atoms with van der Waals surface area (Å²) in [6.45, 7) is 6.43. The summed E-state index contributed by atoms with van der Waals surface area (Å²) in [5.74, 6) is -1.02. The van der Waals surface area contributed by atoms with Gasteiger partial charge in [0.1, 0.15) is 0 Å². The number of nitrogens with zero attached hydrogens (tertiary/aromatic N) is 3. The summed E-state index contributed by atoms with van der Waals surface area (Å²) in [5.41, 5.74) is 2.77. The van der Waals surface area contributed by atoms with E-state index in [9.17, 15) is 4.79 Å². The summed E-state index contributed by atoms with van der Waals surface area (Å²) < 4.78 is 2.69. The van der Waals surface area contributed by atoms with Gasteiger partial charge in [0.25, 0.3) is 0 Å². The molecule has 1 aromatic carbocycles. The van der Waals surface area contributed by atoms with Crippen LogP contribution in [0.15, 0.2) is 24.3 Å². The fraction of sp³-hybridized carbons (Fsp3) is 0.312. The van der Waals surface area contributed by atoms with Crippen LogP contribution in [0.1, 0.15) is 36.3 Å². The zero-order chi connectivity index (χ0) is 16.1. The molecule has 0 fully saturated rings. The van der Waals surface area contributed by atoms with Crippen molar-refractivity contribution in [2.24, 2.45) is 7.05 Å². The molecule has 0 aliphatic carbocycles. The van der Waals surface area contributed by atoms with Crippen LogP contribution in [0, 0.1) is 0 Å². The molecule has 0 amide bonds. The van der Waals surface area contributed by atoms with E-state index in [2.05, 4.69) is 30.9 Å². The van der Waals surface area contributed by atoms with Gasteiger partial charge in [-0.25, -0.2) is 9.78 Å². The fourth-order valence-corrected chi connectivity index (χ4v) is 3.31. The maximum Gasteiger partial charge on any atom is 0.356 e. The van der Waals surface area contributed by atoms with Crippen molar-refractivity contribution in [2.75, 3.05) is 0 Å². The quantitative estimate of drug-likeness (QED) is 0.783. The van der Waals surface area contributed by atoms with Crippen LogP contribution in [0.4, 0.5) is 0 Å². The monoisotopic (exact) mass is 315 g/mol. The van der Waals surface area contributed by atoms with Crippen molar-refractivity contribution >= 4 is 27.5 Å². The van der Waals surface area contributed by atoms with Crippen molar-refractivity contribution in [1.82, 2.24) is 14.8 Å². The molecule has 114 valence electrons. The third kappa shape index (κ3) is 2.50. The Balaban J connectivity index is 2.10. The smallest absolute Gasteiger partial charge is 0.356 e. The average Bonchev–Trinajstić information content (AvgIpc) is 3.00. The molecule has 0 aliphatic heterocycles. The van der Waals surface area contributed by atoms with Crippen molar-refractivity contribution in [3.63, 3.8) is 0 Å². The molecule has 22 heavy (non-hydrogen) atoms. The highest BCUT2D eigenvalue weighted by molar-refractivity contribution is 7.18. The molecule has 0 aliphatic rings. The van der Waals surface area contributed by atoms with E-state index in [4.69, 9.17) is 5.11 Å². The van der Waals surface area contributed by atoms with E-state index in [0.29, 0.717) is 0 Å². The number of aromatic nitrogens is 3. The van der Waals surface area contributed by atoms with Crippen molar-refractivity contribution in [3.8, 4) is 11.3 Å². The van der Waals surface area contributed by atoms with Gasteiger partial charge in [0.05, 0.1) is 20.9 Å². The molecule has 0 unspecified atom stereocenters. The Labute approximate surface area is 132 Å². The molecule has 1 N–H and O–H groups in total. The predicted molar refractivity (Wildman–Crippen MR) is 87.5 cm³/mol. The number of aryl methyl sites for hydroxylation is 1. The van der Waals surface area contributed by atoms with Crippen LogP contribution in [-0.4, -0.2) is 25.8 Å². The highest BCUT2D eigenvalue weighted by Crippen LogP contribution is 2.33. The van der Waals surface area contributed by atoms with Crippen LogP contribution in [-0.2, 0) is 12.5 Å². The largest absolute Gasteiger partial charge is 0.476 e. The summed E-state index contributed by atoms with van der Waals surface area (Å²) in [5, 5.41) is 14.2. The molecule has 6 heteroatoms. The number of aromatic carboxylic acids is 1. The van der Waals surface area contributed by atoms with Gasteiger partial charge in [0.15, 0.2) is 5.69 Å². The van der Waals surface area contributed by atoms with E-state index < -0.39 is 5.97 Å². The van der Waals surface area contributed by atoms with E-state index in [1.165, 1.54) is 0 Å². The first-order chi connectivity index (χ1) is 10.3. The number of hydrogen-bond acceptors (Lipinski definition) is 4. The molecule has 0 spiro atoms. The number of carboxylic acids is 1. The highest BCUT2D eigenvalue weighted by atomic mass is 32.1. The van der Waals surface area contributed by atoms with Crippen molar-refractivity contribution < 1.29 is 9.90 Å². The highest BCUT2D eigenvalue weighted by Gasteiger charge is 2.19. The summed E-state index contributed by atoms with van der Waals surface area (Å²) in [4.78, 5) is 15.7. The lowest BCUT2D eigenvalue weighted by Crippen LogP contribution is -2.09. The van der Waals surface area contributed by atoms with E-state index in [-0.39, 0.29) is 11.1 Å². The minimum atomic E-state index is -1.02. The lowest BCUT2D eigenvalue weighted by molar-refractivity contribution is 0.0689. The minimum Gasteiger partial charge on any atom is -0.476 e. The molecule has 3 aromatic rings. The van der Waals surface area contributed by atoms with Gasteiger partial charge in [-0.1, -0.05) is 26.8 Å². The van der Waals surface area contributed by atoms with E-state index >= 15 is 0 Å². The van der Waals surface area contributed by atoms with Gasteiger partial charge in [-0.2, -0.15) is 5.10 Å². The number of fused-ring (bicyclic) bond motifs is 1. The topological polar surface area (TPSA) is 68.0 Å². The summed E-state index contributed by atoms with van der Waals surface area (Å²) in [6, 6.07) is 7.57. The zero-order valence-electron chi connectivity index (χ0n) is 12.9. The Hall–Kier alpha value is -2.21. The lowest BCUT2D eigenvalue weighted by atomic mass is 9.98. The van der Waals surface area contributed by atoms with Gasteiger partial charge < -0.3 is 5.11 Å². The maximum absolute atomic E-state index is 11.0. The maximum atomic E-state index is 11.0. The van der Waals surface area contributed by atoms with Crippen LogP contribution < -0.4 is 0 Å². The van der Waals surface area contributed by atoms with Crippen molar-refractivity contribution in [2.45, 2.75) is 26.2 Å². The molecule has 0 radical (unpaired) electrons. The molecule has 2 aromatic heterocycles. The van der Waals surface area contributed by atoms with Crippen molar-refractivity contribution in [1.29, 1.82) is 0 Å². The van der Waals surface area contributed by atoms with Crippen LogP contribution in [0.2, 0.25) is 0 Å². The van der Waals surface area contributed by atoms with Gasteiger partial charge >= 0.3 is 5.97 Å². The molecule has 0 saturated carbocycles. The predicted octanol–water partition coefficient (Wildman–Crippen LogP) is 3.69. The van der Waals surface area contributed by atoms with Gasteiger partial charge in [0.2, 0.25) is 0 Å². The standard InChI is InChI=1S/C16H17N3O2S/c1-16(2,3)15-17-10-6-5-9(7-13(10)22-15)12-8-11(14(20)21)18-19(12)4/h5-8H,1-4H3,(H,20,21). The fourth-order valence-electron chi connectivity index (χ4n) is 2.25. The molecule has 0 bridgehead atoms. The van der Waals surface area contributed by atoms with Gasteiger partial charge in [0, 0.05) is 18.0 Å². The Morgan fingerprint density at radius 3 is 2.59 bits per heavy atom. The van der Waals surface area contributed by atoms with E-state index in [1.807, 2.05) is 18.2 Å². The second-order valence-corrected chi connectivity index (χ2v) is 7.33. The zero-order valence-corrected chi connectivity index (χ0v) is 13.7. The van der Waals surface area contributed by atoms with E-state index in [0.717, 1.165) is 26.5 Å². The molecule has 3 rings (SSSR count). The molecule has 0 saturated heterocycles. The van der Waals surface area contributed by atoms with Crippen LogP contribution in [0.3, 0.4) is 0 Å². The number of hydrogen-bond donors (Lipinski definition) is 1. The summed E-state index contributed by atoms with van der Waals surface area (Å²) in [7, 11) is 1.75. The second kappa shape index (κ2) is 4.91. The number of carbonyl (C=O) groups is 1. The number of rotatable bonds is 2. The Morgan fingerprint density at radius 1 is 1.27 bits per heavy atom. The Bertz CT molecular complexity index is 871. The third-order valence-corrected chi connectivity index (χ3v) is 4.87. The lowest BCUT2D eigenvalue weighted by Gasteiger charge is -2.13. The number of benzene rings is 1. The first-order valence-corrected chi connectivity index (χ1v) is 7.76. The SMILES string of the molecule is Cn1nc(C(=O)O)cc1-c1ccc2nc(C(C)(C)C)sc2c1. The summed E-state index contributed by atoms with van der Waals surface area (Å²) in [6.07, 6.45) is 0. The van der Waals surface area contributed by atoms with Gasteiger partial charge in [-0.15, -0.1) is 11.3 Å². The minimum absolute atomic E-state index is 0.0207. The molecular weight excluding hydrogens is 298 g/mol. The van der Waals surface area contributed by atoms with E-state index in [1.54, 1.807) is 29.1 Å². The normalized spacial score (nSPS) is 12.0. The first kappa shape index (κ1) is 14.7. The number of thiazole rings is 1. The van der Waals surface area contributed by atoms with Gasteiger partial charge in [-0.3, -0.25) is 4.68 Å². The molecule has 5 nitrogen and oxygen atoms in total. The van der Waals surface area contributed by atoms with Gasteiger partial charge in [-0.05, 0) is 18.2 Å². The molecular formula is C16H17N3O2S. The molecule has 0 atom stereocenters. The van der Waals surface area contributed by atoms with Crippen LogP contribution >= 0.6 is 11.3 Å². The van der Waals surface area contributed by atoms with Crippen LogP contribution in [0.5, 0.6) is 0 Å². The Morgan fingerprint density at radius 2 is 2.00 bits per heavy atom. The summed E-state index contributed by atoms with van der Waals surface area (Å²) >= 11 is 1.67. The Kier molecular flexibility index (Phi) is 3.29. The molecule has 2 heterocycles. The first-order valence-electron chi connectivity index (χ1n) is 6.94. The number of carboxylic acid groups (broad SMARTS) is 1. The van der Waals surface area contributed by atoms with Crippen LogP contribution in [0.25, 0.3) is 21.5 Å². The van der Waals surface area contributed by atoms with Crippen molar-refractivity contribution in [3.05, 3.63) is 35.0 Å². The second-order valence-electron chi connectivity index (χ2n) is 6.30.